The van der Waals surface area contributed by atoms with Crippen molar-refractivity contribution in [3.8, 4) is 0 Å². The molecule has 2 aromatic rings. The molecule has 1 fully saturated rings. The van der Waals surface area contributed by atoms with Gasteiger partial charge >= 0.3 is 0 Å². The minimum Gasteiger partial charge on any atom is -0.347 e. The van der Waals surface area contributed by atoms with Crippen LogP contribution in [-0.2, 0) is 10.0 Å². The van der Waals surface area contributed by atoms with E-state index in [1.807, 2.05) is 46.1 Å². The van der Waals surface area contributed by atoms with Gasteiger partial charge in [0.1, 0.15) is 0 Å². The summed E-state index contributed by atoms with van der Waals surface area (Å²) in [5.74, 6) is 0.0298. The molecule has 1 N–H and O–H groups in total. The molecule has 29 heavy (non-hydrogen) atoms. The molecule has 1 amide bonds. The Bertz CT molecular complexity index is 1040. The van der Waals surface area contributed by atoms with Crippen LogP contribution in [0.1, 0.15) is 39.5 Å². The summed E-state index contributed by atoms with van der Waals surface area (Å²) in [6.45, 7) is 4.67. The normalized spacial score (nSPS) is 17.3. The van der Waals surface area contributed by atoms with E-state index in [0.29, 0.717) is 36.7 Å². The van der Waals surface area contributed by atoms with Crippen molar-refractivity contribution in [1.82, 2.24) is 14.3 Å². The van der Waals surface area contributed by atoms with Gasteiger partial charge in [0.15, 0.2) is 0 Å². The molecular weight excluding hydrogens is 390 g/mol. The highest BCUT2D eigenvalue weighted by Crippen LogP contribution is 2.31. The number of benzene rings is 1. The van der Waals surface area contributed by atoms with Crippen LogP contribution in [0.5, 0.6) is 0 Å². The van der Waals surface area contributed by atoms with Gasteiger partial charge in [-0.1, -0.05) is 17.7 Å². The second kappa shape index (κ2) is 8.08. The van der Waals surface area contributed by atoms with E-state index in [2.05, 4.69) is 15.3 Å². The van der Waals surface area contributed by atoms with E-state index >= 15 is 0 Å². The van der Waals surface area contributed by atoms with Gasteiger partial charge in [0.2, 0.25) is 16.0 Å². The lowest BCUT2D eigenvalue weighted by molar-refractivity contribution is 0.102. The molecule has 1 aromatic heterocycles. The lowest BCUT2D eigenvalue weighted by Gasteiger charge is -2.18. The Labute approximate surface area is 172 Å². The maximum atomic E-state index is 13.1. The van der Waals surface area contributed by atoms with Crippen molar-refractivity contribution in [2.24, 2.45) is 0 Å². The van der Waals surface area contributed by atoms with Gasteiger partial charge in [0, 0.05) is 45.0 Å². The molecule has 1 unspecified atom stereocenters. The van der Waals surface area contributed by atoms with E-state index < -0.39 is 10.0 Å². The molecule has 0 aliphatic carbocycles. The lowest BCUT2D eigenvalue weighted by Crippen LogP contribution is -2.28. The first kappa shape index (κ1) is 21.2. The van der Waals surface area contributed by atoms with Crippen LogP contribution < -0.4 is 10.2 Å². The predicted octanol–water partition coefficient (Wildman–Crippen LogP) is 2.16. The molecular formula is C20H27N5O3S. The molecule has 2 heterocycles. The third-order valence-corrected chi connectivity index (χ3v) is 6.36. The van der Waals surface area contributed by atoms with Gasteiger partial charge in [-0.2, -0.15) is 0 Å². The monoisotopic (exact) mass is 417 g/mol. The molecule has 0 spiro atoms. The fourth-order valence-corrected chi connectivity index (χ4v) is 4.37. The Morgan fingerprint density at radius 3 is 2.59 bits per heavy atom. The molecule has 1 atom stereocenters. The van der Waals surface area contributed by atoms with Gasteiger partial charge < -0.3 is 10.2 Å². The van der Waals surface area contributed by atoms with Crippen LogP contribution >= 0.6 is 0 Å². The molecule has 0 saturated carbocycles. The summed E-state index contributed by atoms with van der Waals surface area (Å²) in [6.07, 6.45) is 3.34. The molecule has 8 nitrogen and oxygen atoms in total. The fourth-order valence-electron chi connectivity index (χ4n) is 3.48. The zero-order chi connectivity index (χ0) is 21.3. The highest BCUT2D eigenvalue weighted by molar-refractivity contribution is 7.88. The summed E-state index contributed by atoms with van der Waals surface area (Å²) < 4.78 is 25.3. The van der Waals surface area contributed by atoms with Crippen molar-refractivity contribution in [2.75, 3.05) is 43.7 Å². The first-order valence-electron chi connectivity index (χ1n) is 9.44. The molecule has 156 valence electrons. The predicted molar refractivity (Wildman–Crippen MR) is 114 cm³/mol. The number of nitrogens with one attached hydrogen (secondary N) is 1. The number of aromatic nitrogens is 2. The van der Waals surface area contributed by atoms with Gasteiger partial charge in [-0.25, -0.2) is 22.7 Å². The van der Waals surface area contributed by atoms with Gasteiger partial charge in [-0.05, 0) is 31.9 Å². The second-order valence-corrected chi connectivity index (χ2v) is 9.72. The van der Waals surface area contributed by atoms with E-state index in [1.165, 1.54) is 16.8 Å². The van der Waals surface area contributed by atoms with E-state index in [9.17, 15) is 13.2 Å². The molecule has 0 bridgehead atoms. The maximum absolute atomic E-state index is 13.1. The summed E-state index contributed by atoms with van der Waals surface area (Å²) in [4.78, 5) is 23.7. The standard InChI is InChI=1S/C20H27N5O3S/c1-13-6-7-17(14(2)10-13)22-19(26)16-11-21-20(24(3)4)23-18(16)15-8-9-25(12-15)29(5,27)28/h6-7,10-11,15H,8-9,12H2,1-5H3,(H,22,26). The third-order valence-electron chi connectivity index (χ3n) is 5.09. The summed E-state index contributed by atoms with van der Waals surface area (Å²) in [5.41, 5.74) is 3.77. The minimum atomic E-state index is -3.28. The van der Waals surface area contributed by atoms with Gasteiger partial charge in [0.05, 0.1) is 17.5 Å². The fraction of sp³-hybridized carbons (Fsp3) is 0.450. The molecule has 1 aromatic carbocycles. The lowest BCUT2D eigenvalue weighted by atomic mass is 9.99. The number of carbonyl (C=O) groups is 1. The number of hydrogen-bond donors (Lipinski definition) is 1. The molecule has 9 heteroatoms. The van der Waals surface area contributed by atoms with Crippen molar-refractivity contribution in [2.45, 2.75) is 26.2 Å². The Morgan fingerprint density at radius 2 is 2.00 bits per heavy atom. The number of hydrogen-bond acceptors (Lipinski definition) is 6. The maximum Gasteiger partial charge on any atom is 0.259 e. The van der Waals surface area contributed by atoms with Crippen LogP contribution in [0.25, 0.3) is 0 Å². The number of rotatable bonds is 5. The number of sulfonamides is 1. The summed E-state index contributed by atoms with van der Waals surface area (Å²) in [6, 6.07) is 5.82. The summed E-state index contributed by atoms with van der Waals surface area (Å²) in [5, 5.41) is 2.94. The number of anilines is 2. The smallest absolute Gasteiger partial charge is 0.259 e. The van der Waals surface area contributed by atoms with Crippen LogP contribution in [0, 0.1) is 13.8 Å². The quantitative estimate of drug-likeness (QED) is 0.801. The Kier molecular flexibility index (Phi) is 5.90. The van der Waals surface area contributed by atoms with Gasteiger partial charge in [-0.15, -0.1) is 0 Å². The highest BCUT2D eigenvalue weighted by Gasteiger charge is 2.33. The van der Waals surface area contributed by atoms with Crippen LogP contribution in [0.4, 0.5) is 11.6 Å². The first-order chi connectivity index (χ1) is 13.6. The van der Waals surface area contributed by atoms with Crippen LogP contribution in [0.3, 0.4) is 0 Å². The average Bonchev–Trinajstić information content (AvgIpc) is 3.14. The SMILES string of the molecule is Cc1ccc(NC(=O)c2cnc(N(C)C)nc2C2CCN(S(C)(=O)=O)C2)c(C)c1. The molecule has 1 aliphatic heterocycles. The second-order valence-electron chi connectivity index (χ2n) is 7.74. The molecule has 1 aliphatic rings. The van der Waals surface area contributed by atoms with Crippen LogP contribution in [-0.4, -0.2) is 62.0 Å². The van der Waals surface area contributed by atoms with E-state index in [1.54, 1.807) is 4.90 Å². The molecule has 1 saturated heterocycles. The summed E-state index contributed by atoms with van der Waals surface area (Å²) in [7, 11) is 0.368. The number of amides is 1. The Hall–Kier alpha value is -2.52. The molecule has 0 radical (unpaired) electrons. The highest BCUT2D eigenvalue weighted by atomic mass is 32.2. The van der Waals surface area contributed by atoms with E-state index in [4.69, 9.17) is 0 Å². The topological polar surface area (TPSA) is 95.5 Å². The first-order valence-corrected chi connectivity index (χ1v) is 11.3. The van der Waals surface area contributed by atoms with Crippen LogP contribution in [0.15, 0.2) is 24.4 Å². The largest absolute Gasteiger partial charge is 0.347 e. The zero-order valence-electron chi connectivity index (χ0n) is 17.4. The Balaban J connectivity index is 1.95. The number of nitrogens with zero attached hydrogens (tertiary/aromatic N) is 4. The molecule has 3 rings (SSSR count). The average molecular weight is 418 g/mol. The van der Waals surface area contributed by atoms with E-state index in [-0.39, 0.29) is 11.8 Å². The van der Waals surface area contributed by atoms with Crippen LogP contribution in [0.2, 0.25) is 0 Å². The number of aryl methyl sites for hydroxylation is 2. The zero-order valence-corrected chi connectivity index (χ0v) is 18.2. The van der Waals surface area contributed by atoms with E-state index in [0.717, 1.165) is 16.8 Å². The van der Waals surface area contributed by atoms with Crippen molar-refractivity contribution in [3.63, 3.8) is 0 Å². The number of carbonyl (C=O) groups excluding carboxylic acids is 1. The Morgan fingerprint density at radius 1 is 1.28 bits per heavy atom. The van der Waals surface area contributed by atoms with Crippen molar-refractivity contribution in [1.29, 1.82) is 0 Å². The van der Waals surface area contributed by atoms with Crippen molar-refractivity contribution < 1.29 is 13.2 Å². The van der Waals surface area contributed by atoms with Crippen molar-refractivity contribution >= 4 is 27.6 Å². The summed E-state index contributed by atoms with van der Waals surface area (Å²) >= 11 is 0. The van der Waals surface area contributed by atoms with Crippen molar-refractivity contribution in [3.05, 3.63) is 46.8 Å². The van der Waals surface area contributed by atoms with Gasteiger partial charge in [0.25, 0.3) is 5.91 Å². The minimum absolute atomic E-state index is 0.161. The third kappa shape index (κ3) is 4.73. The van der Waals surface area contributed by atoms with Gasteiger partial charge in [-0.3, -0.25) is 4.79 Å².